The van der Waals surface area contributed by atoms with E-state index >= 15 is 0 Å². The molecule has 2 aliphatic heterocycles. The van der Waals surface area contributed by atoms with Crippen LogP contribution in [0.1, 0.15) is 38.2 Å². The highest BCUT2D eigenvalue weighted by atomic mass is 16.7. The Morgan fingerprint density at radius 2 is 2.22 bits per heavy atom. The largest absolute Gasteiger partial charge is 0.387 e. The van der Waals surface area contributed by atoms with E-state index in [0.717, 1.165) is 26.1 Å². The van der Waals surface area contributed by atoms with Crippen molar-refractivity contribution in [2.75, 3.05) is 26.2 Å². The maximum absolute atomic E-state index is 12.3. The Labute approximate surface area is 137 Å². The number of likely N-dealkylation sites (N-methyl/N-ethyl adjacent to an activating group) is 1. The van der Waals surface area contributed by atoms with Gasteiger partial charge in [-0.2, -0.15) is 0 Å². The van der Waals surface area contributed by atoms with Crippen molar-refractivity contribution in [1.82, 2.24) is 10.2 Å². The van der Waals surface area contributed by atoms with Crippen LogP contribution in [-0.4, -0.2) is 48.3 Å². The zero-order valence-corrected chi connectivity index (χ0v) is 13.9. The fourth-order valence-corrected chi connectivity index (χ4v) is 3.31. The van der Waals surface area contributed by atoms with Crippen molar-refractivity contribution in [1.29, 1.82) is 0 Å². The Bertz CT molecular complexity index is 587. The quantitative estimate of drug-likeness (QED) is 0.906. The van der Waals surface area contributed by atoms with Crippen LogP contribution in [0.25, 0.3) is 0 Å². The summed E-state index contributed by atoms with van der Waals surface area (Å²) in [4.78, 5) is 20.3. The standard InChI is InChI=1S/C18H25N3O2/c1-3-21-10-9-18(13-21)11-16(20-23-18)17(22)19-12-14(2)15-7-5-4-6-8-15/h4-8,14H,3,9-13H2,1-2H3,(H,19,22)/t14-,18-/m0/s1. The molecule has 124 valence electrons. The number of rotatable bonds is 5. The second-order valence-electron chi connectivity index (χ2n) is 6.63. The minimum atomic E-state index is -0.270. The fraction of sp³-hybridized carbons (Fsp3) is 0.556. The lowest BCUT2D eigenvalue weighted by molar-refractivity contribution is -0.115. The summed E-state index contributed by atoms with van der Waals surface area (Å²) in [5.41, 5.74) is 1.49. The van der Waals surface area contributed by atoms with Gasteiger partial charge in [-0.1, -0.05) is 49.3 Å². The summed E-state index contributed by atoms with van der Waals surface area (Å²) in [5, 5.41) is 7.06. The first-order valence-electron chi connectivity index (χ1n) is 8.42. The number of likely N-dealkylation sites (tertiary alicyclic amines) is 1. The number of carbonyl (C=O) groups excluding carboxylic acids is 1. The molecule has 1 spiro atoms. The highest BCUT2D eigenvalue weighted by molar-refractivity contribution is 6.39. The van der Waals surface area contributed by atoms with Crippen LogP contribution in [0, 0.1) is 0 Å². The average molecular weight is 315 g/mol. The molecule has 0 saturated carbocycles. The molecular formula is C18H25N3O2. The summed E-state index contributed by atoms with van der Waals surface area (Å²) < 4.78 is 0. The van der Waals surface area contributed by atoms with Gasteiger partial charge in [-0.3, -0.25) is 9.69 Å². The van der Waals surface area contributed by atoms with Crippen LogP contribution in [0.5, 0.6) is 0 Å². The maximum atomic E-state index is 12.3. The molecule has 0 aliphatic carbocycles. The van der Waals surface area contributed by atoms with Crippen molar-refractivity contribution < 1.29 is 9.63 Å². The number of hydrogen-bond donors (Lipinski definition) is 1. The molecular weight excluding hydrogens is 290 g/mol. The highest BCUT2D eigenvalue weighted by Gasteiger charge is 2.46. The Kier molecular flexibility index (Phi) is 4.66. The summed E-state index contributed by atoms with van der Waals surface area (Å²) in [5.74, 6) is 0.179. The summed E-state index contributed by atoms with van der Waals surface area (Å²) in [7, 11) is 0. The van der Waals surface area contributed by atoms with Gasteiger partial charge >= 0.3 is 0 Å². The lowest BCUT2D eigenvalue weighted by atomic mass is 9.96. The van der Waals surface area contributed by atoms with Gasteiger partial charge in [0.15, 0.2) is 5.60 Å². The molecule has 1 fully saturated rings. The second-order valence-corrected chi connectivity index (χ2v) is 6.63. The molecule has 23 heavy (non-hydrogen) atoms. The molecule has 1 aromatic carbocycles. The third-order valence-corrected chi connectivity index (χ3v) is 4.88. The molecule has 5 nitrogen and oxygen atoms in total. The highest BCUT2D eigenvalue weighted by Crippen LogP contribution is 2.33. The van der Waals surface area contributed by atoms with E-state index in [0.29, 0.717) is 18.7 Å². The molecule has 2 heterocycles. The van der Waals surface area contributed by atoms with Gasteiger partial charge in [0.2, 0.25) is 0 Å². The second kappa shape index (κ2) is 6.71. The van der Waals surface area contributed by atoms with Gasteiger partial charge in [-0.25, -0.2) is 0 Å². The monoisotopic (exact) mass is 315 g/mol. The van der Waals surface area contributed by atoms with Gasteiger partial charge in [0.05, 0.1) is 0 Å². The van der Waals surface area contributed by atoms with E-state index < -0.39 is 0 Å². The van der Waals surface area contributed by atoms with Crippen molar-refractivity contribution in [2.45, 2.75) is 38.2 Å². The minimum absolute atomic E-state index is 0.0976. The summed E-state index contributed by atoms with van der Waals surface area (Å²) in [6.07, 6.45) is 1.57. The summed E-state index contributed by atoms with van der Waals surface area (Å²) >= 11 is 0. The lowest BCUT2D eigenvalue weighted by Crippen LogP contribution is -2.37. The molecule has 1 saturated heterocycles. The predicted molar refractivity (Wildman–Crippen MR) is 90.5 cm³/mol. The van der Waals surface area contributed by atoms with E-state index in [4.69, 9.17) is 4.84 Å². The van der Waals surface area contributed by atoms with Crippen molar-refractivity contribution >= 4 is 11.6 Å². The third-order valence-electron chi connectivity index (χ3n) is 4.88. The molecule has 0 aromatic heterocycles. The zero-order chi connectivity index (χ0) is 16.3. The zero-order valence-electron chi connectivity index (χ0n) is 13.9. The van der Waals surface area contributed by atoms with Crippen molar-refractivity contribution in [2.24, 2.45) is 5.16 Å². The van der Waals surface area contributed by atoms with E-state index in [2.05, 4.69) is 41.4 Å². The fourth-order valence-electron chi connectivity index (χ4n) is 3.31. The van der Waals surface area contributed by atoms with Gasteiger partial charge in [0.1, 0.15) is 5.71 Å². The Balaban J connectivity index is 1.50. The number of oxime groups is 1. The Hall–Kier alpha value is -1.88. The van der Waals surface area contributed by atoms with Crippen LogP contribution in [0.15, 0.2) is 35.5 Å². The van der Waals surface area contributed by atoms with E-state index in [1.54, 1.807) is 0 Å². The molecule has 0 radical (unpaired) electrons. The van der Waals surface area contributed by atoms with E-state index in [-0.39, 0.29) is 17.4 Å². The molecule has 5 heteroatoms. The number of benzene rings is 1. The van der Waals surface area contributed by atoms with E-state index in [1.165, 1.54) is 5.56 Å². The Morgan fingerprint density at radius 1 is 1.43 bits per heavy atom. The van der Waals surface area contributed by atoms with E-state index in [1.807, 2.05) is 18.2 Å². The molecule has 2 atom stereocenters. The number of hydrogen-bond acceptors (Lipinski definition) is 4. The average Bonchev–Trinajstić information content (AvgIpc) is 3.20. The number of amides is 1. The van der Waals surface area contributed by atoms with Crippen LogP contribution in [-0.2, 0) is 9.63 Å². The first kappa shape index (κ1) is 16.0. The van der Waals surface area contributed by atoms with Crippen LogP contribution in [0.2, 0.25) is 0 Å². The van der Waals surface area contributed by atoms with Crippen LogP contribution in [0.3, 0.4) is 0 Å². The molecule has 0 unspecified atom stereocenters. The van der Waals surface area contributed by atoms with Crippen LogP contribution in [0.4, 0.5) is 0 Å². The minimum Gasteiger partial charge on any atom is -0.387 e. The summed E-state index contributed by atoms with van der Waals surface area (Å²) in [6, 6.07) is 10.2. The molecule has 2 aliphatic rings. The first-order valence-corrected chi connectivity index (χ1v) is 8.42. The van der Waals surface area contributed by atoms with E-state index in [9.17, 15) is 4.79 Å². The summed E-state index contributed by atoms with van der Waals surface area (Å²) in [6.45, 7) is 7.76. The van der Waals surface area contributed by atoms with Gasteiger partial charge < -0.3 is 10.2 Å². The number of carbonyl (C=O) groups is 1. The molecule has 1 aromatic rings. The van der Waals surface area contributed by atoms with Crippen LogP contribution >= 0.6 is 0 Å². The molecule has 1 N–H and O–H groups in total. The van der Waals surface area contributed by atoms with Gasteiger partial charge in [0, 0.05) is 32.5 Å². The van der Waals surface area contributed by atoms with Gasteiger partial charge in [-0.15, -0.1) is 0 Å². The SMILES string of the molecule is CCN1CC[C@]2(CC(C(=O)NC[C@H](C)c3ccccc3)=NO2)C1. The smallest absolute Gasteiger partial charge is 0.269 e. The van der Waals surface area contributed by atoms with Crippen molar-refractivity contribution in [3.8, 4) is 0 Å². The predicted octanol–water partition coefficient (Wildman–Crippen LogP) is 2.15. The number of nitrogens with one attached hydrogen (secondary N) is 1. The van der Waals surface area contributed by atoms with Crippen molar-refractivity contribution in [3.63, 3.8) is 0 Å². The normalized spacial score (nSPS) is 25.2. The molecule has 0 bridgehead atoms. The van der Waals surface area contributed by atoms with Gasteiger partial charge in [-0.05, 0) is 18.0 Å². The molecule has 1 amide bonds. The number of nitrogens with zero attached hydrogens (tertiary/aromatic N) is 2. The topological polar surface area (TPSA) is 53.9 Å². The lowest BCUT2D eigenvalue weighted by Gasteiger charge is -2.20. The third kappa shape index (κ3) is 3.55. The van der Waals surface area contributed by atoms with Crippen LogP contribution < -0.4 is 5.32 Å². The molecule has 3 rings (SSSR count). The first-order chi connectivity index (χ1) is 11.1. The Morgan fingerprint density at radius 3 is 2.91 bits per heavy atom. The van der Waals surface area contributed by atoms with Crippen molar-refractivity contribution in [3.05, 3.63) is 35.9 Å². The van der Waals surface area contributed by atoms with Gasteiger partial charge in [0.25, 0.3) is 5.91 Å². The maximum Gasteiger partial charge on any atom is 0.269 e.